The Hall–Kier alpha value is -0.870. The summed E-state index contributed by atoms with van der Waals surface area (Å²) in [4.78, 5) is 7.19. The van der Waals surface area contributed by atoms with Crippen LogP contribution in [0.1, 0.15) is 24.8 Å². The molecule has 0 spiro atoms. The summed E-state index contributed by atoms with van der Waals surface area (Å²) in [5, 5.41) is 0. The highest BCUT2D eigenvalue weighted by molar-refractivity contribution is 4.95. The minimum Gasteiger partial charge on any atom is -0.366 e. The van der Waals surface area contributed by atoms with Crippen molar-refractivity contribution >= 4 is 0 Å². The molecule has 0 bridgehead atoms. The molecule has 1 aromatic heterocycles. The van der Waals surface area contributed by atoms with Gasteiger partial charge in [-0.25, -0.2) is 4.98 Å². The Bertz CT molecular complexity index is 234. The Morgan fingerprint density at radius 1 is 1.67 bits per heavy atom. The number of ether oxygens (including phenoxy) is 1. The van der Waals surface area contributed by atoms with Crippen LogP contribution in [0, 0.1) is 0 Å². The van der Waals surface area contributed by atoms with Gasteiger partial charge in [-0.1, -0.05) is 0 Å². The predicted octanol–water partition coefficient (Wildman–Crippen LogP) is 0.588. The van der Waals surface area contributed by atoms with E-state index in [-0.39, 0.29) is 12.2 Å². The van der Waals surface area contributed by atoms with Gasteiger partial charge < -0.3 is 15.5 Å². The average Bonchev–Trinajstić information content (AvgIpc) is 2.75. The van der Waals surface area contributed by atoms with Gasteiger partial charge >= 0.3 is 0 Å². The number of H-pyrrole nitrogens is 1. The van der Waals surface area contributed by atoms with Crippen LogP contribution in [0.2, 0.25) is 0 Å². The molecule has 2 rings (SSSR count). The summed E-state index contributed by atoms with van der Waals surface area (Å²) >= 11 is 0. The summed E-state index contributed by atoms with van der Waals surface area (Å²) in [6.45, 7) is 0.608. The standard InChI is InChI=1S/C8H13N3O/c9-5-6-1-2-7(12-6)8-10-3-4-11-8/h3-4,6-7H,1-2,5,9H2,(H,10,11)/t6-,7+/m1/s1. The minimum absolute atomic E-state index is 0.133. The third kappa shape index (κ3) is 1.35. The van der Waals surface area contributed by atoms with E-state index in [4.69, 9.17) is 10.5 Å². The summed E-state index contributed by atoms with van der Waals surface area (Å²) in [5.74, 6) is 0.922. The molecule has 0 unspecified atom stereocenters. The van der Waals surface area contributed by atoms with Crippen LogP contribution < -0.4 is 5.73 Å². The first-order chi connectivity index (χ1) is 5.90. The number of aromatic amines is 1. The summed E-state index contributed by atoms with van der Waals surface area (Å²) in [6, 6.07) is 0. The quantitative estimate of drug-likeness (QED) is 0.677. The van der Waals surface area contributed by atoms with Crippen LogP contribution in [0.15, 0.2) is 12.4 Å². The maximum Gasteiger partial charge on any atom is 0.135 e. The first-order valence-corrected chi connectivity index (χ1v) is 4.25. The predicted molar refractivity (Wildman–Crippen MR) is 44.5 cm³/mol. The van der Waals surface area contributed by atoms with Crippen molar-refractivity contribution in [3.8, 4) is 0 Å². The SMILES string of the molecule is NC[C@H]1CC[C@@H](c2ncc[nH]2)O1. The molecule has 4 heteroatoms. The summed E-state index contributed by atoms with van der Waals surface area (Å²) in [5.41, 5.74) is 5.49. The van der Waals surface area contributed by atoms with Crippen LogP contribution in [0.25, 0.3) is 0 Å². The van der Waals surface area contributed by atoms with Crippen molar-refractivity contribution in [1.82, 2.24) is 9.97 Å². The third-order valence-electron chi connectivity index (χ3n) is 2.19. The number of imidazole rings is 1. The maximum absolute atomic E-state index is 5.64. The van der Waals surface area contributed by atoms with Gasteiger partial charge in [-0.15, -0.1) is 0 Å². The second-order valence-electron chi connectivity index (χ2n) is 3.03. The van der Waals surface area contributed by atoms with Crippen molar-refractivity contribution in [2.24, 2.45) is 5.73 Å². The highest BCUT2D eigenvalue weighted by atomic mass is 16.5. The van der Waals surface area contributed by atoms with Crippen molar-refractivity contribution < 1.29 is 4.74 Å². The summed E-state index contributed by atoms with van der Waals surface area (Å²) in [6.07, 6.45) is 5.98. The molecule has 1 aliphatic rings. The molecule has 2 atom stereocenters. The number of rotatable bonds is 2. The van der Waals surface area contributed by atoms with Crippen LogP contribution in [0.4, 0.5) is 0 Å². The van der Waals surface area contributed by atoms with E-state index < -0.39 is 0 Å². The lowest BCUT2D eigenvalue weighted by Crippen LogP contribution is -2.19. The van der Waals surface area contributed by atoms with E-state index in [1.54, 1.807) is 6.20 Å². The third-order valence-corrected chi connectivity index (χ3v) is 2.19. The number of nitrogens with two attached hydrogens (primary N) is 1. The zero-order chi connectivity index (χ0) is 8.39. The van der Waals surface area contributed by atoms with E-state index in [2.05, 4.69) is 9.97 Å². The van der Waals surface area contributed by atoms with Crippen molar-refractivity contribution in [3.63, 3.8) is 0 Å². The van der Waals surface area contributed by atoms with E-state index in [1.807, 2.05) is 6.20 Å². The fourth-order valence-electron chi connectivity index (χ4n) is 1.53. The summed E-state index contributed by atoms with van der Waals surface area (Å²) < 4.78 is 5.64. The van der Waals surface area contributed by atoms with E-state index >= 15 is 0 Å². The van der Waals surface area contributed by atoms with Crippen molar-refractivity contribution in [2.75, 3.05) is 6.54 Å². The zero-order valence-corrected chi connectivity index (χ0v) is 6.86. The first-order valence-electron chi connectivity index (χ1n) is 4.25. The van der Waals surface area contributed by atoms with Gasteiger partial charge in [0.2, 0.25) is 0 Å². The van der Waals surface area contributed by atoms with E-state index in [9.17, 15) is 0 Å². The molecule has 0 aromatic carbocycles. The fourth-order valence-corrected chi connectivity index (χ4v) is 1.53. The van der Waals surface area contributed by atoms with E-state index in [1.165, 1.54) is 0 Å². The van der Waals surface area contributed by atoms with Gasteiger partial charge in [0.15, 0.2) is 0 Å². The highest BCUT2D eigenvalue weighted by Crippen LogP contribution is 2.29. The van der Waals surface area contributed by atoms with Gasteiger partial charge in [-0.3, -0.25) is 0 Å². The first kappa shape index (κ1) is 7.76. The smallest absolute Gasteiger partial charge is 0.135 e. The van der Waals surface area contributed by atoms with Gasteiger partial charge in [0.05, 0.1) is 6.10 Å². The Morgan fingerprint density at radius 2 is 2.58 bits per heavy atom. The molecule has 0 saturated carbocycles. The molecule has 3 N–H and O–H groups in total. The van der Waals surface area contributed by atoms with E-state index in [0.29, 0.717) is 6.54 Å². The van der Waals surface area contributed by atoms with Crippen molar-refractivity contribution in [3.05, 3.63) is 18.2 Å². The molecule has 12 heavy (non-hydrogen) atoms. The molecule has 1 saturated heterocycles. The molecule has 1 fully saturated rings. The molecule has 1 aliphatic heterocycles. The number of nitrogens with one attached hydrogen (secondary N) is 1. The molecular formula is C8H13N3O. The molecule has 2 heterocycles. The van der Waals surface area contributed by atoms with Crippen molar-refractivity contribution in [2.45, 2.75) is 25.0 Å². The minimum atomic E-state index is 0.133. The number of aromatic nitrogens is 2. The molecule has 0 radical (unpaired) electrons. The fraction of sp³-hybridized carbons (Fsp3) is 0.625. The van der Waals surface area contributed by atoms with E-state index in [0.717, 1.165) is 18.7 Å². The number of hydrogen-bond acceptors (Lipinski definition) is 3. The normalized spacial score (nSPS) is 29.4. The van der Waals surface area contributed by atoms with Crippen LogP contribution >= 0.6 is 0 Å². The van der Waals surface area contributed by atoms with Crippen LogP contribution in [-0.2, 0) is 4.74 Å². The lowest BCUT2D eigenvalue weighted by molar-refractivity contribution is 0.0452. The van der Waals surface area contributed by atoms with Gasteiger partial charge in [0.25, 0.3) is 0 Å². The Labute approximate surface area is 71.1 Å². The molecule has 1 aromatic rings. The number of nitrogens with zero attached hydrogens (tertiary/aromatic N) is 1. The van der Waals surface area contributed by atoms with Crippen LogP contribution in [-0.4, -0.2) is 22.6 Å². The van der Waals surface area contributed by atoms with Gasteiger partial charge in [-0.2, -0.15) is 0 Å². The second-order valence-corrected chi connectivity index (χ2v) is 3.03. The lowest BCUT2D eigenvalue weighted by Gasteiger charge is -2.09. The molecule has 0 aliphatic carbocycles. The van der Waals surface area contributed by atoms with Crippen LogP contribution in [0.3, 0.4) is 0 Å². The zero-order valence-electron chi connectivity index (χ0n) is 6.86. The molecule has 4 nitrogen and oxygen atoms in total. The van der Waals surface area contributed by atoms with Crippen molar-refractivity contribution in [1.29, 1.82) is 0 Å². The molecular weight excluding hydrogens is 154 g/mol. The number of hydrogen-bond donors (Lipinski definition) is 2. The molecule has 0 amide bonds. The van der Waals surface area contributed by atoms with Crippen LogP contribution in [0.5, 0.6) is 0 Å². The molecule has 66 valence electrons. The highest BCUT2D eigenvalue weighted by Gasteiger charge is 2.26. The Morgan fingerprint density at radius 3 is 3.17 bits per heavy atom. The largest absolute Gasteiger partial charge is 0.366 e. The summed E-state index contributed by atoms with van der Waals surface area (Å²) in [7, 11) is 0. The monoisotopic (exact) mass is 167 g/mol. The second kappa shape index (κ2) is 3.25. The maximum atomic E-state index is 5.64. The van der Waals surface area contributed by atoms with Gasteiger partial charge in [-0.05, 0) is 12.8 Å². The van der Waals surface area contributed by atoms with Gasteiger partial charge in [0.1, 0.15) is 11.9 Å². The average molecular weight is 167 g/mol. The van der Waals surface area contributed by atoms with Gasteiger partial charge in [0, 0.05) is 18.9 Å². The topological polar surface area (TPSA) is 63.9 Å². The Balaban J connectivity index is 2.00. The lowest BCUT2D eigenvalue weighted by atomic mass is 10.2. The Kier molecular flexibility index (Phi) is 2.10.